The third-order valence-electron chi connectivity index (χ3n) is 4.55. The molecule has 4 N–H and O–H groups in total. The molecule has 10 nitrogen and oxygen atoms in total. The number of aliphatic hydroxyl groups is 4. The maximum atomic E-state index is 9.63. The Hall–Kier alpha value is -1.62. The first kappa shape index (κ1) is 20.7. The Kier molecular flexibility index (Phi) is 8.89. The van der Waals surface area contributed by atoms with Gasteiger partial charge in [0.15, 0.2) is 0 Å². The zero-order chi connectivity index (χ0) is 18.8. The van der Waals surface area contributed by atoms with Gasteiger partial charge in [-0.05, 0) is 0 Å². The summed E-state index contributed by atoms with van der Waals surface area (Å²) in [4.78, 5) is 12.8. The monoisotopic (exact) mass is 370 g/mol. The average Bonchev–Trinajstić information content (AvgIpc) is 3.29. The smallest absolute Gasteiger partial charge is 0.106 e. The molecule has 2 rings (SSSR count). The van der Waals surface area contributed by atoms with Crippen LogP contribution in [-0.2, 0) is 0 Å². The van der Waals surface area contributed by atoms with Gasteiger partial charge in [-0.25, -0.2) is 0 Å². The Morgan fingerprint density at radius 3 is 1.54 bits per heavy atom. The Balaban J connectivity index is 1.86. The van der Waals surface area contributed by atoms with Gasteiger partial charge in [0.05, 0.1) is 64.4 Å². The molecule has 148 valence electrons. The number of hydrogen-bond acceptors (Lipinski definition) is 10. The fourth-order valence-electron chi connectivity index (χ4n) is 3.22. The lowest BCUT2D eigenvalue weighted by Crippen LogP contribution is -2.38. The number of amidine groups is 2. The van der Waals surface area contributed by atoms with Crippen molar-refractivity contribution in [2.24, 2.45) is 32.0 Å². The lowest BCUT2D eigenvalue weighted by molar-refractivity contribution is 0.231. The summed E-state index contributed by atoms with van der Waals surface area (Å²) < 4.78 is 0. The van der Waals surface area contributed by atoms with E-state index in [0.717, 1.165) is 24.8 Å². The van der Waals surface area contributed by atoms with Gasteiger partial charge in [-0.15, -0.1) is 0 Å². The molecule has 26 heavy (non-hydrogen) atoms. The fourth-order valence-corrected chi connectivity index (χ4v) is 3.22. The molecule has 0 bridgehead atoms. The quantitative estimate of drug-likeness (QED) is 0.295. The summed E-state index contributed by atoms with van der Waals surface area (Å²) in [7, 11) is 0. The molecule has 2 aliphatic rings. The highest BCUT2D eigenvalue weighted by Gasteiger charge is 2.26. The number of aliphatic imine (C=N–C) groups is 2. The van der Waals surface area contributed by atoms with Crippen molar-refractivity contribution in [3.8, 4) is 0 Å². The van der Waals surface area contributed by atoms with Crippen LogP contribution in [0.4, 0.5) is 0 Å². The first-order valence-electron chi connectivity index (χ1n) is 9.10. The minimum absolute atomic E-state index is 0.0450. The van der Waals surface area contributed by atoms with Gasteiger partial charge in [0.1, 0.15) is 11.7 Å². The van der Waals surface area contributed by atoms with Crippen LogP contribution in [0.2, 0.25) is 0 Å². The van der Waals surface area contributed by atoms with Crippen molar-refractivity contribution < 1.29 is 20.4 Å². The zero-order valence-electron chi connectivity index (χ0n) is 15.1. The standard InChI is InChI=1S/C16H30N6O4/c23-7-5-21-3-1-17-15(21)13(11-25)9-19-20-10-14(12-26)16-18-2-4-22(16)6-8-24/h13-14,23-26H,1-12H2. The number of hydrogen-bond donors (Lipinski definition) is 4. The third kappa shape index (κ3) is 5.44. The fraction of sp³-hybridized carbons (Fsp3) is 0.875. The van der Waals surface area contributed by atoms with Crippen LogP contribution in [0.5, 0.6) is 0 Å². The van der Waals surface area contributed by atoms with Crippen molar-refractivity contribution in [2.45, 2.75) is 0 Å². The first-order valence-corrected chi connectivity index (χ1v) is 9.10. The number of β-amino-alcohol motifs (C(OH)–C–C–N with tert-alkyl or cyclic N) is 2. The molecule has 0 saturated heterocycles. The van der Waals surface area contributed by atoms with Gasteiger partial charge in [-0.2, -0.15) is 10.2 Å². The predicted molar refractivity (Wildman–Crippen MR) is 97.7 cm³/mol. The minimum Gasteiger partial charge on any atom is -0.396 e. The zero-order valence-corrected chi connectivity index (χ0v) is 15.1. The van der Waals surface area contributed by atoms with E-state index in [0.29, 0.717) is 39.3 Å². The van der Waals surface area contributed by atoms with Gasteiger partial charge in [0.2, 0.25) is 0 Å². The molecule has 0 aromatic heterocycles. The van der Waals surface area contributed by atoms with Crippen LogP contribution in [0.15, 0.2) is 20.2 Å². The van der Waals surface area contributed by atoms with Gasteiger partial charge in [-0.1, -0.05) is 0 Å². The third-order valence-corrected chi connectivity index (χ3v) is 4.55. The van der Waals surface area contributed by atoms with E-state index in [9.17, 15) is 10.2 Å². The van der Waals surface area contributed by atoms with Crippen LogP contribution in [0, 0.1) is 11.8 Å². The predicted octanol–water partition coefficient (Wildman–Crippen LogP) is -1.93. The SMILES string of the molecule is OCCN1CCN=C1C(CO)CN=NCC(CO)C1=NCCN1CCO. The normalized spacial score (nSPS) is 20.0. The number of rotatable bonds is 12. The van der Waals surface area contributed by atoms with E-state index in [4.69, 9.17) is 10.2 Å². The van der Waals surface area contributed by atoms with Crippen LogP contribution in [0.25, 0.3) is 0 Å². The van der Waals surface area contributed by atoms with Gasteiger partial charge >= 0.3 is 0 Å². The largest absolute Gasteiger partial charge is 0.396 e. The summed E-state index contributed by atoms with van der Waals surface area (Å²) >= 11 is 0. The Morgan fingerprint density at radius 1 is 0.769 bits per heavy atom. The molecular weight excluding hydrogens is 340 g/mol. The highest BCUT2D eigenvalue weighted by molar-refractivity contribution is 5.87. The van der Waals surface area contributed by atoms with Gasteiger partial charge in [0, 0.05) is 26.2 Å². The van der Waals surface area contributed by atoms with Crippen LogP contribution >= 0.6 is 0 Å². The Morgan fingerprint density at radius 2 is 1.19 bits per heavy atom. The van der Waals surface area contributed by atoms with Gasteiger partial charge in [-0.3, -0.25) is 9.98 Å². The van der Waals surface area contributed by atoms with Crippen molar-refractivity contribution in [3.05, 3.63) is 0 Å². The maximum Gasteiger partial charge on any atom is 0.106 e. The van der Waals surface area contributed by atoms with E-state index in [1.54, 1.807) is 0 Å². The molecule has 0 amide bonds. The van der Waals surface area contributed by atoms with Crippen LogP contribution in [0.3, 0.4) is 0 Å². The van der Waals surface area contributed by atoms with Crippen LogP contribution in [0.1, 0.15) is 0 Å². The number of aliphatic hydroxyl groups excluding tert-OH is 4. The molecule has 0 fully saturated rings. The van der Waals surface area contributed by atoms with Crippen molar-refractivity contribution in [3.63, 3.8) is 0 Å². The molecule has 0 aromatic carbocycles. The molecule has 0 aliphatic carbocycles. The molecule has 0 aromatic rings. The highest BCUT2D eigenvalue weighted by Crippen LogP contribution is 2.13. The average molecular weight is 370 g/mol. The topological polar surface area (TPSA) is 137 Å². The van der Waals surface area contributed by atoms with E-state index in [1.165, 1.54) is 0 Å². The summed E-state index contributed by atoms with van der Waals surface area (Å²) in [6.45, 7) is 4.36. The van der Waals surface area contributed by atoms with E-state index >= 15 is 0 Å². The van der Waals surface area contributed by atoms with Crippen molar-refractivity contribution in [1.29, 1.82) is 0 Å². The van der Waals surface area contributed by atoms with E-state index in [2.05, 4.69) is 20.2 Å². The van der Waals surface area contributed by atoms with E-state index in [-0.39, 0.29) is 38.3 Å². The molecule has 2 atom stereocenters. The molecule has 0 radical (unpaired) electrons. The second kappa shape index (κ2) is 11.2. The molecular formula is C16H30N6O4. The Labute approximate surface area is 153 Å². The second-order valence-electron chi connectivity index (χ2n) is 6.31. The molecule has 2 heterocycles. The van der Waals surface area contributed by atoms with E-state index < -0.39 is 0 Å². The molecule has 2 unspecified atom stereocenters. The summed E-state index contributed by atoms with van der Waals surface area (Å²) in [6, 6.07) is 0. The van der Waals surface area contributed by atoms with Crippen molar-refractivity contribution >= 4 is 11.7 Å². The van der Waals surface area contributed by atoms with Crippen LogP contribution in [-0.4, -0.2) is 121 Å². The van der Waals surface area contributed by atoms with Crippen LogP contribution < -0.4 is 0 Å². The molecule has 0 saturated carbocycles. The second-order valence-corrected chi connectivity index (χ2v) is 6.31. The molecule has 10 heteroatoms. The molecule has 0 spiro atoms. The van der Waals surface area contributed by atoms with Gasteiger partial charge in [0.25, 0.3) is 0 Å². The highest BCUT2D eigenvalue weighted by atomic mass is 16.3. The number of azo groups is 1. The van der Waals surface area contributed by atoms with Crippen molar-refractivity contribution in [1.82, 2.24) is 9.80 Å². The summed E-state index contributed by atoms with van der Waals surface area (Å²) in [6.07, 6.45) is 0. The first-order chi connectivity index (χ1) is 12.7. The van der Waals surface area contributed by atoms with Crippen molar-refractivity contribution in [2.75, 3.05) is 78.8 Å². The minimum atomic E-state index is -0.241. The lowest BCUT2D eigenvalue weighted by atomic mass is 10.1. The maximum absolute atomic E-state index is 9.63. The summed E-state index contributed by atoms with van der Waals surface area (Å²) in [5.41, 5.74) is 0. The number of nitrogens with zero attached hydrogens (tertiary/aromatic N) is 6. The lowest BCUT2D eigenvalue weighted by Gasteiger charge is -2.24. The molecule has 2 aliphatic heterocycles. The summed E-state index contributed by atoms with van der Waals surface area (Å²) in [5.74, 6) is 1.06. The van der Waals surface area contributed by atoms with Gasteiger partial charge < -0.3 is 30.2 Å². The Bertz CT molecular complexity index is 469. The van der Waals surface area contributed by atoms with E-state index in [1.807, 2.05) is 9.80 Å². The summed E-state index contributed by atoms with van der Waals surface area (Å²) in [5, 5.41) is 45.8.